The van der Waals surface area contributed by atoms with Crippen LogP contribution in [0.3, 0.4) is 0 Å². The zero-order chi connectivity index (χ0) is 15.5. The number of amides is 1. The van der Waals surface area contributed by atoms with E-state index in [0.29, 0.717) is 30.3 Å². The predicted octanol–water partition coefficient (Wildman–Crippen LogP) is 1.81. The number of hydrogen-bond donors (Lipinski definition) is 2. The third kappa shape index (κ3) is 2.94. The van der Waals surface area contributed by atoms with E-state index in [1.165, 1.54) is 25.3 Å². The van der Waals surface area contributed by atoms with Gasteiger partial charge in [-0.2, -0.15) is 5.10 Å². The van der Waals surface area contributed by atoms with Crippen LogP contribution in [0.5, 0.6) is 5.75 Å². The Morgan fingerprint density at radius 2 is 2.41 bits per heavy atom. The Morgan fingerprint density at radius 3 is 3.23 bits per heavy atom. The van der Waals surface area contributed by atoms with Gasteiger partial charge in [0.25, 0.3) is 0 Å². The van der Waals surface area contributed by atoms with Crippen molar-refractivity contribution in [3.05, 3.63) is 40.8 Å². The molecule has 0 saturated carbocycles. The van der Waals surface area contributed by atoms with Crippen LogP contribution in [0.25, 0.3) is 0 Å². The molecule has 1 aliphatic rings. The van der Waals surface area contributed by atoms with Crippen molar-refractivity contribution in [3.8, 4) is 5.75 Å². The largest absolute Gasteiger partial charge is 0.496 e. The number of anilines is 1. The summed E-state index contributed by atoms with van der Waals surface area (Å²) in [5, 5.41) is 9.72. The molecular weight excluding hydrogens is 289 g/mol. The molecule has 22 heavy (non-hydrogen) atoms. The lowest BCUT2D eigenvalue weighted by Crippen LogP contribution is -2.17. The Morgan fingerprint density at radius 1 is 1.55 bits per heavy atom. The minimum atomic E-state index is -0.408. The number of halogens is 1. The standard InChI is InChI=1S/C15H16FN3O3/c1-21-13-3-2-10(16)6-9(13)7-14(20)17-15-11-8-22-5-4-12(11)18-19-15/h2-3,6H,4-5,7-8H2,1H3,(H2,17,18,19,20). The summed E-state index contributed by atoms with van der Waals surface area (Å²) >= 11 is 0. The Labute approximate surface area is 126 Å². The van der Waals surface area contributed by atoms with Gasteiger partial charge in [-0.05, 0) is 18.2 Å². The molecule has 2 heterocycles. The second kappa shape index (κ2) is 6.15. The fourth-order valence-electron chi connectivity index (χ4n) is 2.45. The molecule has 1 aliphatic heterocycles. The molecule has 3 rings (SSSR count). The normalized spacial score (nSPS) is 13.5. The van der Waals surface area contributed by atoms with Gasteiger partial charge in [0, 0.05) is 23.2 Å². The third-order valence-electron chi connectivity index (χ3n) is 3.55. The fraction of sp³-hybridized carbons (Fsp3) is 0.333. The molecule has 0 fully saturated rings. The Balaban J connectivity index is 1.73. The van der Waals surface area contributed by atoms with Crippen LogP contribution in [0.2, 0.25) is 0 Å². The first-order valence-corrected chi connectivity index (χ1v) is 6.93. The highest BCUT2D eigenvalue weighted by atomic mass is 19.1. The van der Waals surface area contributed by atoms with Gasteiger partial charge in [-0.15, -0.1) is 0 Å². The molecule has 0 aliphatic carbocycles. The summed E-state index contributed by atoms with van der Waals surface area (Å²) in [6.45, 7) is 1.06. The van der Waals surface area contributed by atoms with E-state index < -0.39 is 5.82 Å². The summed E-state index contributed by atoms with van der Waals surface area (Å²) in [6, 6.07) is 4.09. The maximum Gasteiger partial charge on any atom is 0.230 e. The van der Waals surface area contributed by atoms with Crippen molar-refractivity contribution < 1.29 is 18.7 Å². The number of nitrogens with zero attached hydrogens (tertiary/aromatic N) is 1. The van der Waals surface area contributed by atoms with Crippen molar-refractivity contribution in [2.24, 2.45) is 0 Å². The molecule has 2 N–H and O–H groups in total. The Bertz CT molecular complexity index is 699. The molecule has 6 nitrogen and oxygen atoms in total. The van der Waals surface area contributed by atoms with Crippen molar-refractivity contribution >= 4 is 11.7 Å². The van der Waals surface area contributed by atoms with Crippen molar-refractivity contribution in [1.29, 1.82) is 0 Å². The molecule has 1 amide bonds. The number of fused-ring (bicyclic) bond motifs is 1. The lowest BCUT2D eigenvalue weighted by atomic mass is 10.1. The number of carbonyl (C=O) groups excluding carboxylic acids is 1. The van der Waals surface area contributed by atoms with E-state index in [9.17, 15) is 9.18 Å². The van der Waals surface area contributed by atoms with Crippen molar-refractivity contribution in [2.45, 2.75) is 19.4 Å². The molecule has 0 bridgehead atoms. The van der Waals surface area contributed by atoms with Gasteiger partial charge < -0.3 is 14.8 Å². The van der Waals surface area contributed by atoms with Crippen LogP contribution in [-0.2, 0) is 29.0 Å². The Kier molecular flexibility index (Phi) is 4.06. The van der Waals surface area contributed by atoms with E-state index in [4.69, 9.17) is 9.47 Å². The van der Waals surface area contributed by atoms with Crippen LogP contribution in [-0.4, -0.2) is 29.8 Å². The topological polar surface area (TPSA) is 76.2 Å². The van der Waals surface area contributed by atoms with E-state index in [2.05, 4.69) is 15.5 Å². The SMILES string of the molecule is COc1ccc(F)cc1CC(=O)Nc1n[nH]c2c1COCC2. The minimum Gasteiger partial charge on any atom is -0.496 e. The van der Waals surface area contributed by atoms with Gasteiger partial charge in [0.1, 0.15) is 11.6 Å². The van der Waals surface area contributed by atoms with Crippen LogP contribution >= 0.6 is 0 Å². The molecule has 1 aromatic heterocycles. The smallest absolute Gasteiger partial charge is 0.230 e. The van der Waals surface area contributed by atoms with Crippen LogP contribution in [0, 0.1) is 5.82 Å². The number of H-pyrrole nitrogens is 1. The predicted molar refractivity (Wildman–Crippen MR) is 77.2 cm³/mol. The minimum absolute atomic E-state index is 0.00340. The average molecular weight is 305 g/mol. The summed E-state index contributed by atoms with van der Waals surface area (Å²) in [7, 11) is 1.48. The van der Waals surface area contributed by atoms with E-state index in [0.717, 1.165) is 17.7 Å². The maximum atomic E-state index is 13.3. The zero-order valence-corrected chi connectivity index (χ0v) is 12.1. The van der Waals surface area contributed by atoms with Gasteiger partial charge >= 0.3 is 0 Å². The number of benzene rings is 1. The highest BCUT2D eigenvalue weighted by molar-refractivity contribution is 5.92. The fourth-order valence-corrected chi connectivity index (χ4v) is 2.45. The lowest BCUT2D eigenvalue weighted by molar-refractivity contribution is -0.115. The molecular formula is C15H16FN3O3. The first-order chi connectivity index (χ1) is 10.7. The number of aromatic amines is 1. The molecule has 0 radical (unpaired) electrons. The molecule has 7 heteroatoms. The number of ether oxygens (including phenoxy) is 2. The number of rotatable bonds is 4. The van der Waals surface area contributed by atoms with E-state index >= 15 is 0 Å². The van der Waals surface area contributed by atoms with Crippen molar-refractivity contribution in [2.75, 3.05) is 19.0 Å². The van der Waals surface area contributed by atoms with Gasteiger partial charge in [-0.25, -0.2) is 4.39 Å². The number of nitrogens with one attached hydrogen (secondary N) is 2. The highest BCUT2D eigenvalue weighted by Crippen LogP contribution is 2.23. The highest BCUT2D eigenvalue weighted by Gasteiger charge is 2.19. The number of carbonyl (C=O) groups is 1. The molecule has 0 saturated heterocycles. The summed E-state index contributed by atoms with van der Waals surface area (Å²) < 4.78 is 23.8. The molecule has 0 spiro atoms. The summed E-state index contributed by atoms with van der Waals surface area (Å²) in [4.78, 5) is 12.2. The van der Waals surface area contributed by atoms with E-state index in [1.54, 1.807) is 0 Å². The van der Waals surface area contributed by atoms with Crippen LogP contribution < -0.4 is 10.1 Å². The third-order valence-corrected chi connectivity index (χ3v) is 3.55. The number of methoxy groups -OCH3 is 1. The first kappa shape index (κ1) is 14.5. The van der Waals surface area contributed by atoms with Gasteiger partial charge in [0.15, 0.2) is 5.82 Å². The summed E-state index contributed by atoms with van der Waals surface area (Å²) in [5.74, 6) is 0.247. The number of hydrogen-bond acceptors (Lipinski definition) is 4. The molecule has 0 unspecified atom stereocenters. The lowest BCUT2D eigenvalue weighted by Gasteiger charge is -2.13. The van der Waals surface area contributed by atoms with Gasteiger partial charge in [0.05, 0.1) is 26.7 Å². The monoisotopic (exact) mass is 305 g/mol. The van der Waals surface area contributed by atoms with Gasteiger partial charge in [0.2, 0.25) is 5.91 Å². The number of aromatic nitrogens is 2. The van der Waals surface area contributed by atoms with E-state index in [-0.39, 0.29) is 12.3 Å². The molecule has 2 aromatic rings. The zero-order valence-electron chi connectivity index (χ0n) is 12.1. The van der Waals surface area contributed by atoms with Crippen LogP contribution in [0.15, 0.2) is 18.2 Å². The second-order valence-electron chi connectivity index (χ2n) is 5.01. The quantitative estimate of drug-likeness (QED) is 0.903. The van der Waals surface area contributed by atoms with Crippen LogP contribution in [0.1, 0.15) is 16.8 Å². The Hall–Kier alpha value is -2.41. The van der Waals surface area contributed by atoms with E-state index in [1.807, 2.05) is 0 Å². The molecule has 116 valence electrons. The summed E-state index contributed by atoms with van der Waals surface area (Å²) in [5.41, 5.74) is 2.33. The second-order valence-corrected chi connectivity index (χ2v) is 5.01. The van der Waals surface area contributed by atoms with Crippen molar-refractivity contribution in [1.82, 2.24) is 10.2 Å². The first-order valence-electron chi connectivity index (χ1n) is 6.93. The van der Waals surface area contributed by atoms with Crippen molar-refractivity contribution in [3.63, 3.8) is 0 Å². The molecule has 0 atom stereocenters. The van der Waals surface area contributed by atoms with Crippen LogP contribution in [0.4, 0.5) is 10.2 Å². The van der Waals surface area contributed by atoms with Gasteiger partial charge in [-0.3, -0.25) is 9.89 Å². The molecule has 1 aromatic carbocycles. The average Bonchev–Trinajstić information content (AvgIpc) is 2.91. The maximum absolute atomic E-state index is 13.3. The summed E-state index contributed by atoms with van der Waals surface area (Å²) in [6.07, 6.45) is 0.749. The van der Waals surface area contributed by atoms with Gasteiger partial charge in [-0.1, -0.05) is 0 Å².